The van der Waals surface area contributed by atoms with Gasteiger partial charge in [-0.25, -0.2) is 12.7 Å². The lowest BCUT2D eigenvalue weighted by Crippen LogP contribution is -2.46. The van der Waals surface area contributed by atoms with Crippen LogP contribution in [-0.2, 0) is 10.0 Å². The van der Waals surface area contributed by atoms with E-state index in [1.807, 2.05) is 6.92 Å². The molecule has 1 N–H and O–H groups in total. The van der Waals surface area contributed by atoms with Crippen molar-refractivity contribution in [2.24, 2.45) is 5.92 Å². The molecule has 1 aliphatic rings. The number of rotatable bonds is 7. The molecule has 108 valence electrons. The summed E-state index contributed by atoms with van der Waals surface area (Å²) < 4.78 is 26.6. The minimum absolute atomic E-state index is 0.320. The van der Waals surface area contributed by atoms with Crippen LogP contribution in [0.15, 0.2) is 0 Å². The maximum absolute atomic E-state index is 12.4. The summed E-state index contributed by atoms with van der Waals surface area (Å²) in [6.45, 7) is 8.91. The fourth-order valence-corrected chi connectivity index (χ4v) is 4.07. The van der Waals surface area contributed by atoms with Gasteiger partial charge in [0, 0.05) is 19.6 Å². The molecular weight excluding hydrogens is 248 g/mol. The largest absolute Gasteiger partial charge is 0.315 e. The van der Waals surface area contributed by atoms with E-state index in [1.165, 1.54) is 6.42 Å². The van der Waals surface area contributed by atoms with Crippen LogP contribution in [-0.4, -0.2) is 44.2 Å². The number of nitrogens with one attached hydrogen (secondary N) is 1. The Labute approximate surface area is 112 Å². The molecule has 1 saturated heterocycles. The summed E-state index contributed by atoms with van der Waals surface area (Å²) in [5.74, 6) is 0.546. The Bertz CT molecular complexity index is 330. The maximum Gasteiger partial charge on any atom is 0.217 e. The summed E-state index contributed by atoms with van der Waals surface area (Å²) in [4.78, 5) is 0. The van der Waals surface area contributed by atoms with Crippen LogP contribution in [0.5, 0.6) is 0 Å². The lowest BCUT2D eigenvalue weighted by atomic mass is 9.97. The second-order valence-corrected chi connectivity index (χ2v) is 7.69. The number of hydrogen-bond donors (Lipinski definition) is 1. The zero-order chi connectivity index (χ0) is 13.6. The smallest absolute Gasteiger partial charge is 0.217 e. The summed E-state index contributed by atoms with van der Waals surface area (Å²) in [6, 6.07) is 0. The molecule has 0 bridgehead atoms. The molecule has 0 spiro atoms. The lowest BCUT2D eigenvalue weighted by molar-refractivity contribution is 0.259. The average molecular weight is 276 g/mol. The fraction of sp³-hybridized carbons (Fsp3) is 1.00. The van der Waals surface area contributed by atoms with Gasteiger partial charge in [0.2, 0.25) is 10.0 Å². The van der Waals surface area contributed by atoms with Crippen LogP contribution in [0, 0.1) is 5.92 Å². The van der Waals surface area contributed by atoms with Gasteiger partial charge in [0.25, 0.3) is 0 Å². The minimum Gasteiger partial charge on any atom is -0.315 e. The highest BCUT2D eigenvalue weighted by Crippen LogP contribution is 2.23. The molecule has 1 fully saturated rings. The fourth-order valence-electron chi connectivity index (χ4n) is 2.43. The number of nitrogens with zero attached hydrogens (tertiary/aromatic N) is 1. The molecule has 18 heavy (non-hydrogen) atoms. The molecule has 0 aromatic carbocycles. The predicted molar refractivity (Wildman–Crippen MR) is 76.1 cm³/mol. The Morgan fingerprint density at radius 1 is 1.39 bits per heavy atom. The van der Waals surface area contributed by atoms with Gasteiger partial charge in [0.05, 0.1) is 5.25 Å². The second kappa shape index (κ2) is 7.46. The van der Waals surface area contributed by atoms with E-state index in [-0.39, 0.29) is 5.25 Å². The first-order valence-electron chi connectivity index (χ1n) is 7.22. The summed E-state index contributed by atoms with van der Waals surface area (Å²) in [7, 11) is -3.11. The zero-order valence-electron chi connectivity index (χ0n) is 12.0. The molecule has 0 saturated carbocycles. The summed E-state index contributed by atoms with van der Waals surface area (Å²) >= 11 is 0. The highest BCUT2D eigenvalue weighted by molar-refractivity contribution is 7.89. The molecule has 0 aromatic heterocycles. The van der Waals surface area contributed by atoms with Gasteiger partial charge in [-0.3, -0.25) is 0 Å². The third-order valence-corrected chi connectivity index (χ3v) is 6.02. The molecule has 0 aliphatic carbocycles. The van der Waals surface area contributed by atoms with Gasteiger partial charge in [0.1, 0.15) is 0 Å². The first-order valence-corrected chi connectivity index (χ1v) is 8.72. The molecule has 2 atom stereocenters. The van der Waals surface area contributed by atoms with Crippen LogP contribution in [0.2, 0.25) is 0 Å². The van der Waals surface area contributed by atoms with Gasteiger partial charge in [-0.2, -0.15) is 0 Å². The number of sulfonamides is 1. The summed E-state index contributed by atoms with van der Waals surface area (Å²) in [5.41, 5.74) is 0. The van der Waals surface area contributed by atoms with Crippen molar-refractivity contribution in [3.8, 4) is 0 Å². The molecule has 0 amide bonds. The van der Waals surface area contributed by atoms with E-state index < -0.39 is 10.0 Å². The van der Waals surface area contributed by atoms with Gasteiger partial charge >= 0.3 is 0 Å². The van der Waals surface area contributed by atoms with E-state index in [1.54, 1.807) is 4.31 Å². The Hall–Kier alpha value is -0.130. The Morgan fingerprint density at radius 3 is 2.72 bits per heavy atom. The number of piperidine rings is 1. The van der Waals surface area contributed by atoms with Crippen LogP contribution in [0.4, 0.5) is 0 Å². The van der Waals surface area contributed by atoms with Gasteiger partial charge in [-0.05, 0) is 38.6 Å². The van der Waals surface area contributed by atoms with Gasteiger partial charge in [-0.15, -0.1) is 0 Å². The third kappa shape index (κ3) is 4.21. The maximum atomic E-state index is 12.4. The molecule has 5 heteroatoms. The van der Waals surface area contributed by atoms with E-state index in [4.69, 9.17) is 0 Å². The Kier molecular flexibility index (Phi) is 6.60. The van der Waals surface area contributed by atoms with Crippen molar-refractivity contribution < 1.29 is 8.42 Å². The second-order valence-electron chi connectivity index (χ2n) is 5.33. The molecule has 4 nitrogen and oxygen atoms in total. The molecule has 2 unspecified atom stereocenters. The van der Waals surface area contributed by atoms with Crippen molar-refractivity contribution in [3.05, 3.63) is 0 Å². The lowest BCUT2D eigenvalue weighted by Gasteiger charge is -2.33. The van der Waals surface area contributed by atoms with E-state index in [2.05, 4.69) is 19.2 Å². The van der Waals surface area contributed by atoms with Crippen LogP contribution in [0.1, 0.15) is 46.5 Å². The first-order chi connectivity index (χ1) is 8.52. The summed E-state index contributed by atoms with van der Waals surface area (Å²) in [6.07, 6.45) is 4.29. The molecule has 0 radical (unpaired) electrons. The monoisotopic (exact) mass is 276 g/mol. The topological polar surface area (TPSA) is 49.4 Å². The third-order valence-electron chi connectivity index (χ3n) is 3.79. The molecule has 1 heterocycles. The van der Waals surface area contributed by atoms with Gasteiger partial charge in [0.15, 0.2) is 0 Å². The van der Waals surface area contributed by atoms with Crippen LogP contribution >= 0.6 is 0 Å². The van der Waals surface area contributed by atoms with Crippen molar-refractivity contribution in [2.75, 3.05) is 26.2 Å². The van der Waals surface area contributed by atoms with Crippen LogP contribution in [0.25, 0.3) is 0 Å². The zero-order valence-corrected chi connectivity index (χ0v) is 12.8. The van der Waals surface area contributed by atoms with E-state index in [9.17, 15) is 8.42 Å². The summed E-state index contributed by atoms with van der Waals surface area (Å²) in [5, 5.41) is 2.88. The Balaban J connectivity index is 2.55. The minimum atomic E-state index is -3.11. The van der Waals surface area contributed by atoms with Crippen molar-refractivity contribution in [2.45, 2.75) is 51.7 Å². The standard InChI is InChI=1S/C13H28N2O2S/c1-4-8-14-10-12(3)18(16,17)15-9-6-7-13(5-2)11-15/h12-14H,4-11H2,1-3H3. The van der Waals surface area contributed by atoms with Crippen LogP contribution < -0.4 is 5.32 Å². The molecule has 1 aliphatic heterocycles. The number of hydrogen-bond acceptors (Lipinski definition) is 3. The highest BCUT2D eigenvalue weighted by Gasteiger charge is 2.32. The first kappa shape index (κ1) is 15.9. The van der Waals surface area contributed by atoms with E-state index in [0.717, 1.165) is 32.4 Å². The average Bonchev–Trinajstić information content (AvgIpc) is 2.39. The van der Waals surface area contributed by atoms with Crippen molar-refractivity contribution in [1.29, 1.82) is 0 Å². The van der Waals surface area contributed by atoms with E-state index in [0.29, 0.717) is 19.0 Å². The van der Waals surface area contributed by atoms with Crippen molar-refractivity contribution >= 4 is 10.0 Å². The van der Waals surface area contributed by atoms with Crippen molar-refractivity contribution in [1.82, 2.24) is 9.62 Å². The molecule has 0 aromatic rings. The predicted octanol–water partition coefficient (Wildman–Crippen LogP) is 1.83. The van der Waals surface area contributed by atoms with Gasteiger partial charge in [-0.1, -0.05) is 20.3 Å². The van der Waals surface area contributed by atoms with E-state index >= 15 is 0 Å². The van der Waals surface area contributed by atoms with Crippen LogP contribution in [0.3, 0.4) is 0 Å². The molecular formula is C13H28N2O2S. The van der Waals surface area contributed by atoms with Gasteiger partial charge < -0.3 is 5.32 Å². The molecule has 1 rings (SSSR count). The van der Waals surface area contributed by atoms with Crippen molar-refractivity contribution in [3.63, 3.8) is 0 Å². The highest BCUT2D eigenvalue weighted by atomic mass is 32.2. The Morgan fingerprint density at radius 2 is 2.11 bits per heavy atom. The quantitative estimate of drug-likeness (QED) is 0.722. The normalized spacial score (nSPS) is 24.1. The SMILES string of the molecule is CCCNCC(C)S(=O)(=O)N1CCCC(CC)C1.